The molecule has 0 radical (unpaired) electrons. The van der Waals surface area contributed by atoms with Gasteiger partial charge in [-0.25, -0.2) is 0 Å². The van der Waals surface area contributed by atoms with Gasteiger partial charge in [0, 0.05) is 0 Å². The number of nitrogens with one attached hydrogen (secondary N) is 1. The molecular formula is C13H20N2O. The Morgan fingerprint density at radius 3 is 2.50 bits per heavy atom. The molecule has 3 N–H and O–H groups in total. The summed E-state index contributed by atoms with van der Waals surface area (Å²) >= 11 is 0. The molecule has 0 aliphatic heterocycles. The van der Waals surface area contributed by atoms with Crippen LogP contribution in [-0.2, 0) is 11.2 Å². The van der Waals surface area contributed by atoms with Gasteiger partial charge in [-0.15, -0.1) is 0 Å². The van der Waals surface area contributed by atoms with Crippen molar-refractivity contribution in [1.29, 1.82) is 0 Å². The van der Waals surface area contributed by atoms with E-state index in [0.717, 1.165) is 19.4 Å². The summed E-state index contributed by atoms with van der Waals surface area (Å²) in [6.45, 7) is 4.58. The van der Waals surface area contributed by atoms with Gasteiger partial charge >= 0.3 is 0 Å². The summed E-state index contributed by atoms with van der Waals surface area (Å²) in [5.41, 5.74) is 6.04. The number of amides is 1. The lowest BCUT2D eigenvalue weighted by Gasteiger charge is -2.26. The van der Waals surface area contributed by atoms with E-state index in [1.165, 1.54) is 5.56 Å². The SMILES string of the molecule is CCNC(C)(CCc1ccccc1)C(N)=O. The average molecular weight is 220 g/mol. The lowest BCUT2D eigenvalue weighted by Crippen LogP contribution is -2.53. The smallest absolute Gasteiger partial charge is 0.237 e. The molecule has 1 unspecified atom stereocenters. The van der Waals surface area contributed by atoms with Crippen molar-refractivity contribution in [2.45, 2.75) is 32.2 Å². The Balaban J connectivity index is 2.60. The van der Waals surface area contributed by atoms with Gasteiger partial charge < -0.3 is 11.1 Å². The van der Waals surface area contributed by atoms with Crippen molar-refractivity contribution >= 4 is 5.91 Å². The molecule has 0 saturated carbocycles. The van der Waals surface area contributed by atoms with Crippen LogP contribution in [0.2, 0.25) is 0 Å². The number of benzene rings is 1. The molecule has 1 aromatic carbocycles. The van der Waals surface area contributed by atoms with Gasteiger partial charge in [-0.3, -0.25) is 4.79 Å². The second-order valence-electron chi connectivity index (χ2n) is 4.21. The fraction of sp³-hybridized carbons (Fsp3) is 0.462. The zero-order valence-corrected chi connectivity index (χ0v) is 9.99. The van der Waals surface area contributed by atoms with E-state index < -0.39 is 5.54 Å². The number of primary amides is 1. The molecule has 3 nitrogen and oxygen atoms in total. The van der Waals surface area contributed by atoms with E-state index in [2.05, 4.69) is 17.4 Å². The third-order valence-corrected chi connectivity index (χ3v) is 2.87. The molecule has 88 valence electrons. The van der Waals surface area contributed by atoms with E-state index in [1.807, 2.05) is 32.0 Å². The summed E-state index contributed by atoms with van der Waals surface area (Å²) in [4.78, 5) is 11.4. The van der Waals surface area contributed by atoms with Crippen molar-refractivity contribution < 1.29 is 4.79 Å². The maximum Gasteiger partial charge on any atom is 0.237 e. The third kappa shape index (κ3) is 3.35. The lowest BCUT2D eigenvalue weighted by atomic mass is 9.92. The first-order valence-electron chi connectivity index (χ1n) is 5.67. The van der Waals surface area contributed by atoms with Crippen LogP contribution >= 0.6 is 0 Å². The van der Waals surface area contributed by atoms with Crippen molar-refractivity contribution in [1.82, 2.24) is 5.32 Å². The van der Waals surface area contributed by atoms with E-state index in [4.69, 9.17) is 5.73 Å². The Kier molecular flexibility index (Phi) is 4.50. The number of rotatable bonds is 6. The van der Waals surface area contributed by atoms with Gasteiger partial charge in [0.1, 0.15) is 0 Å². The van der Waals surface area contributed by atoms with Crippen molar-refractivity contribution in [3.63, 3.8) is 0 Å². The van der Waals surface area contributed by atoms with E-state index >= 15 is 0 Å². The van der Waals surface area contributed by atoms with Gasteiger partial charge in [0.05, 0.1) is 5.54 Å². The van der Waals surface area contributed by atoms with Gasteiger partial charge in [-0.2, -0.15) is 0 Å². The number of aryl methyl sites for hydroxylation is 1. The number of hydrogen-bond acceptors (Lipinski definition) is 2. The summed E-state index contributed by atoms with van der Waals surface area (Å²) in [6, 6.07) is 10.1. The molecule has 3 heteroatoms. The first-order chi connectivity index (χ1) is 7.58. The van der Waals surface area contributed by atoms with Crippen LogP contribution in [0.1, 0.15) is 25.8 Å². The van der Waals surface area contributed by atoms with Crippen LogP contribution in [0.3, 0.4) is 0 Å². The summed E-state index contributed by atoms with van der Waals surface area (Å²) in [5, 5.41) is 3.15. The zero-order valence-electron chi connectivity index (χ0n) is 9.99. The minimum absolute atomic E-state index is 0.287. The predicted molar refractivity (Wildman–Crippen MR) is 66.0 cm³/mol. The van der Waals surface area contributed by atoms with Gasteiger partial charge in [0.2, 0.25) is 5.91 Å². The molecule has 1 rings (SSSR count). The van der Waals surface area contributed by atoms with Crippen LogP contribution in [-0.4, -0.2) is 18.0 Å². The van der Waals surface area contributed by atoms with E-state index in [0.29, 0.717) is 0 Å². The number of hydrogen-bond donors (Lipinski definition) is 2. The third-order valence-electron chi connectivity index (χ3n) is 2.87. The number of nitrogens with two attached hydrogens (primary N) is 1. The maximum atomic E-state index is 11.4. The van der Waals surface area contributed by atoms with Crippen molar-refractivity contribution in [2.24, 2.45) is 5.73 Å². The van der Waals surface area contributed by atoms with Crippen LogP contribution in [0.5, 0.6) is 0 Å². The summed E-state index contributed by atoms with van der Waals surface area (Å²) < 4.78 is 0. The molecule has 0 aromatic heterocycles. The highest BCUT2D eigenvalue weighted by Gasteiger charge is 2.29. The Hall–Kier alpha value is -1.35. The first-order valence-corrected chi connectivity index (χ1v) is 5.67. The Bertz CT molecular complexity index is 337. The normalized spacial score (nSPS) is 14.4. The minimum Gasteiger partial charge on any atom is -0.368 e. The van der Waals surface area contributed by atoms with Crippen LogP contribution in [0.4, 0.5) is 0 Å². The van der Waals surface area contributed by atoms with Crippen molar-refractivity contribution in [3.8, 4) is 0 Å². The molecule has 0 bridgehead atoms. The quantitative estimate of drug-likeness (QED) is 0.763. The van der Waals surface area contributed by atoms with Gasteiger partial charge in [0.15, 0.2) is 0 Å². The fourth-order valence-corrected chi connectivity index (χ4v) is 1.73. The largest absolute Gasteiger partial charge is 0.368 e. The first kappa shape index (κ1) is 12.7. The molecular weight excluding hydrogens is 200 g/mol. The van der Waals surface area contributed by atoms with Crippen molar-refractivity contribution in [3.05, 3.63) is 35.9 Å². The fourth-order valence-electron chi connectivity index (χ4n) is 1.73. The summed E-state index contributed by atoms with van der Waals surface area (Å²) in [5.74, 6) is -0.287. The number of carbonyl (C=O) groups excluding carboxylic acids is 1. The Morgan fingerprint density at radius 2 is 2.00 bits per heavy atom. The minimum atomic E-state index is -0.607. The standard InChI is InChI=1S/C13H20N2O/c1-3-15-13(2,12(14)16)10-9-11-7-5-4-6-8-11/h4-8,15H,3,9-10H2,1-2H3,(H2,14,16). The molecule has 1 atom stereocenters. The van der Waals surface area contributed by atoms with Crippen molar-refractivity contribution in [2.75, 3.05) is 6.54 Å². The van der Waals surface area contributed by atoms with Gasteiger partial charge in [0.25, 0.3) is 0 Å². The molecule has 0 aliphatic rings. The molecule has 1 aromatic rings. The Labute approximate surface area is 97.0 Å². The highest BCUT2D eigenvalue weighted by atomic mass is 16.1. The molecule has 1 amide bonds. The molecule has 0 aliphatic carbocycles. The molecule has 0 fully saturated rings. The van der Waals surface area contributed by atoms with Crippen LogP contribution in [0.25, 0.3) is 0 Å². The topological polar surface area (TPSA) is 55.1 Å². The van der Waals surface area contributed by atoms with Crippen LogP contribution in [0.15, 0.2) is 30.3 Å². The van der Waals surface area contributed by atoms with Gasteiger partial charge in [-0.05, 0) is 31.9 Å². The Morgan fingerprint density at radius 1 is 1.38 bits per heavy atom. The molecule has 0 spiro atoms. The molecule has 0 saturated heterocycles. The summed E-state index contributed by atoms with van der Waals surface area (Å²) in [6.07, 6.45) is 1.58. The van der Waals surface area contributed by atoms with E-state index in [-0.39, 0.29) is 5.91 Å². The van der Waals surface area contributed by atoms with Crippen LogP contribution < -0.4 is 11.1 Å². The van der Waals surface area contributed by atoms with E-state index in [9.17, 15) is 4.79 Å². The lowest BCUT2D eigenvalue weighted by molar-refractivity contribution is -0.124. The predicted octanol–water partition coefficient (Wildman–Crippen LogP) is 1.47. The molecule has 16 heavy (non-hydrogen) atoms. The maximum absolute atomic E-state index is 11.4. The second-order valence-corrected chi connectivity index (χ2v) is 4.21. The highest BCUT2D eigenvalue weighted by Crippen LogP contribution is 2.13. The van der Waals surface area contributed by atoms with E-state index in [1.54, 1.807) is 0 Å². The molecule has 0 heterocycles. The zero-order chi connectivity index (χ0) is 12.0. The number of carbonyl (C=O) groups is 1. The second kappa shape index (κ2) is 5.66. The highest BCUT2D eigenvalue weighted by molar-refractivity contribution is 5.84. The average Bonchev–Trinajstić information content (AvgIpc) is 2.28. The monoisotopic (exact) mass is 220 g/mol. The number of likely N-dealkylation sites (N-methyl/N-ethyl adjacent to an activating group) is 1. The summed E-state index contributed by atoms with van der Waals surface area (Å²) in [7, 11) is 0. The van der Waals surface area contributed by atoms with Crippen LogP contribution in [0, 0.1) is 0 Å². The van der Waals surface area contributed by atoms with Gasteiger partial charge in [-0.1, -0.05) is 37.3 Å².